The number of anilines is 1. The van der Waals surface area contributed by atoms with E-state index in [0.29, 0.717) is 0 Å². The van der Waals surface area contributed by atoms with Crippen molar-refractivity contribution in [2.75, 3.05) is 12.0 Å². The SMILES string of the molecule is C=C(C)Cc1cc(C)c(N)cc1C.C=C(SC)c1ccc2c(c1)CCCC2. The predicted molar refractivity (Wildman–Crippen MR) is 124 cm³/mol. The highest BCUT2D eigenvalue weighted by atomic mass is 32.2. The van der Waals surface area contributed by atoms with Crippen LogP contribution in [0.15, 0.2) is 49.1 Å². The van der Waals surface area contributed by atoms with Crippen LogP contribution in [0, 0.1) is 13.8 Å². The Labute approximate surface area is 169 Å². The lowest BCUT2D eigenvalue weighted by atomic mass is 9.90. The van der Waals surface area contributed by atoms with Gasteiger partial charge in [-0.3, -0.25) is 0 Å². The van der Waals surface area contributed by atoms with Gasteiger partial charge in [0.05, 0.1) is 0 Å². The number of hydrogen-bond donors (Lipinski definition) is 1. The number of allylic oxidation sites excluding steroid dienone is 1. The first-order valence-corrected chi connectivity index (χ1v) is 10.9. The Morgan fingerprint density at radius 1 is 1.00 bits per heavy atom. The molecule has 0 unspecified atom stereocenters. The highest BCUT2D eigenvalue weighted by molar-refractivity contribution is 8.07. The molecule has 0 saturated heterocycles. The summed E-state index contributed by atoms with van der Waals surface area (Å²) in [6.45, 7) is 14.1. The summed E-state index contributed by atoms with van der Waals surface area (Å²) in [6, 6.07) is 11.0. The van der Waals surface area contributed by atoms with Crippen LogP contribution in [0.3, 0.4) is 0 Å². The normalized spacial score (nSPS) is 12.6. The van der Waals surface area contributed by atoms with E-state index in [-0.39, 0.29) is 0 Å². The summed E-state index contributed by atoms with van der Waals surface area (Å²) in [5.41, 5.74) is 16.0. The van der Waals surface area contributed by atoms with Crippen molar-refractivity contribution in [1.29, 1.82) is 0 Å². The summed E-state index contributed by atoms with van der Waals surface area (Å²) in [7, 11) is 0. The Hall–Kier alpha value is -1.93. The van der Waals surface area contributed by atoms with Crippen molar-refractivity contribution in [3.8, 4) is 0 Å². The fourth-order valence-electron chi connectivity index (χ4n) is 3.44. The van der Waals surface area contributed by atoms with Crippen molar-refractivity contribution >= 4 is 22.4 Å². The van der Waals surface area contributed by atoms with Crippen molar-refractivity contribution in [3.63, 3.8) is 0 Å². The first-order valence-electron chi connectivity index (χ1n) is 9.67. The third-order valence-electron chi connectivity index (χ3n) is 5.13. The van der Waals surface area contributed by atoms with Crippen LogP contribution in [0.5, 0.6) is 0 Å². The summed E-state index contributed by atoms with van der Waals surface area (Å²) in [5, 5.41) is 0. The number of nitrogens with two attached hydrogens (primary N) is 1. The van der Waals surface area contributed by atoms with Crippen LogP contribution in [0.2, 0.25) is 0 Å². The molecule has 0 atom stereocenters. The van der Waals surface area contributed by atoms with Crippen molar-refractivity contribution in [2.45, 2.75) is 52.9 Å². The molecule has 0 heterocycles. The van der Waals surface area contributed by atoms with Crippen LogP contribution in [0.4, 0.5) is 5.69 Å². The molecule has 0 amide bonds. The van der Waals surface area contributed by atoms with E-state index in [4.69, 9.17) is 5.73 Å². The second kappa shape index (κ2) is 9.85. The smallest absolute Gasteiger partial charge is 0.0346 e. The number of hydrogen-bond acceptors (Lipinski definition) is 2. The van der Waals surface area contributed by atoms with Crippen molar-refractivity contribution in [3.05, 3.63) is 82.4 Å². The molecule has 144 valence electrons. The third-order valence-corrected chi connectivity index (χ3v) is 5.86. The Kier molecular flexibility index (Phi) is 7.79. The molecule has 2 aromatic rings. The molecule has 3 rings (SSSR count). The Morgan fingerprint density at radius 2 is 1.67 bits per heavy atom. The Bertz CT molecular complexity index is 832. The first kappa shape index (κ1) is 21.4. The zero-order chi connectivity index (χ0) is 20.0. The van der Waals surface area contributed by atoms with Gasteiger partial charge in [0, 0.05) is 10.6 Å². The summed E-state index contributed by atoms with van der Waals surface area (Å²) >= 11 is 1.73. The number of rotatable bonds is 4. The highest BCUT2D eigenvalue weighted by Gasteiger charge is 2.09. The summed E-state index contributed by atoms with van der Waals surface area (Å²) in [4.78, 5) is 1.18. The molecule has 1 aliphatic carbocycles. The van der Waals surface area contributed by atoms with Gasteiger partial charge in [-0.1, -0.05) is 43.0 Å². The average Bonchev–Trinajstić information content (AvgIpc) is 2.65. The zero-order valence-electron chi connectivity index (χ0n) is 17.3. The third kappa shape index (κ3) is 6.04. The quantitative estimate of drug-likeness (QED) is 0.461. The average molecular weight is 380 g/mol. The number of aryl methyl sites for hydroxylation is 4. The summed E-state index contributed by atoms with van der Waals surface area (Å²) in [6.07, 6.45) is 8.26. The predicted octanol–water partition coefficient (Wildman–Crippen LogP) is 6.90. The van der Waals surface area contributed by atoms with Crippen LogP contribution in [-0.4, -0.2) is 6.26 Å². The second-order valence-electron chi connectivity index (χ2n) is 7.59. The van der Waals surface area contributed by atoms with Gasteiger partial charge in [0.25, 0.3) is 0 Å². The number of fused-ring (bicyclic) bond motifs is 1. The fraction of sp³-hybridized carbons (Fsp3) is 0.360. The van der Waals surface area contributed by atoms with E-state index in [2.05, 4.69) is 50.6 Å². The minimum absolute atomic E-state index is 0.878. The Morgan fingerprint density at radius 3 is 2.30 bits per heavy atom. The van der Waals surface area contributed by atoms with E-state index in [0.717, 1.165) is 17.7 Å². The molecule has 0 aromatic heterocycles. The van der Waals surface area contributed by atoms with Gasteiger partial charge < -0.3 is 5.73 Å². The van der Waals surface area contributed by atoms with Crippen LogP contribution >= 0.6 is 11.8 Å². The maximum Gasteiger partial charge on any atom is 0.0346 e. The number of nitrogen functional groups attached to an aromatic ring is 1. The molecule has 0 radical (unpaired) electrons. The van der Waals surface area contributed by atoms with Crippen LogP contribution in [-0.2, 0) is 19.3 Å². The summed E-state index contributed by atoms with van der Waals surface area (Å²) < 4.78 is 0. The van der Waals surface area contributed by atoms with Crippen LogP contribution in [0.1, 0.15) is 53.1 Å². The van der Waals surface area contributed by atoms with Gasteiger partial charge in [-0.05, 0) is 98.6 Å². The Balaban J connectivity index is 0.000000194. The van der Waals surface area contributed by atoms with Gasteiger partial charge >= 0.3 is 0 Å². The maximum absolute atomic E-state index is 5.80. The number of benzene rings is 2. The number of thioether (sulfide) groups is 1. The first-order chi connectivity index (χ1) is 12.8. The van der Waals surface area contributed by atoms with Gasteiger partial charge in [0.2, 0.25) is 0 Å². The molecule has 0 aliphatic heterocycles. The minimum atomic E-state index is 0.878. The lowest BCUT2D eigenvalue weighted by molar-refractivity contribution is 0.685. The molecular formula is C25H33NS. The zero-order valence-corrected chi connectivity index (χ0v) is 18.1. The van der Waals surface area contributed by atoms with Gasteiger partial charge in [-0.2, -0.15) is 0 Å². The molecule has 2 aromatic carbocycles. The lowest BCUT2D eigenvalue weighted by Gasteiger charge is -2.16. The largest absolute Gasteiger partial charge is 0.399 e. The van der Waals surface area contributed by atoms with E-state index in [1.807, 2.05) is 19.9 Å². The molecule has 0 saturated carbocycles. The van der Waals surface area contributed by atoms with Gasteiger partial charge in [0.15, 0.2) is 0 Å². The molecule has 1 nitrogen and oxygen atoms in total. The molecule has 27 heavy (non-hydrogen) atoms. The molecule has 0 bridgehead atoms. The van der Waals surface area contributed by atoms with E-state index in [1.54, 1.807) is 22.9 Å². The lowest BCUT2D eigenvalue weighted by Crippen LogP contribution is -2.02. The maximum atomic E-state index is 5.80. The standard InChI is InChI=1S/C13H16S.C12H17N/c1-10(14-2)12-8-7-11-5-3-4-6-13(11)9-12;1-8(2)5-11-6-10(4)12(13)7-9(11)3/h7-9H,1,3-6H2,2H3;6-7H,1,5,13H2,2-4H3. The van der Waals surface area contributed by atoms with E-state index < -0.39 is 0 Å². The van der Waals surface area contributed by atoms with Gasteiger partial charge in [0.1, 0.15) is 0 Å². The minimum Gasteiger partial charge on any atom is -0.399 e. The van der Waals surface area contributed by atoms with Gasteiger partial charge in [-0.25, -0.2) is 0 Å². The van der Waals surface area contributed by atoms with E-state index >= 15 is 0 Å². The second-order valence-corrected chi connectivity index (χ2v) is 8.49. The molecule has 0 spiro atoms. The van der Waals surface area contributed by atoms with Crippen LogP contribution in [0.25, 0.3) is 4.91 Å². The molecule has 2 N–H and O–H groups in total. The van der Waals surface area contributed by atoms with E-state index in [1.165, 1.54) is 52.9 Å². The monoisotopic (exact) mass is 379 g/mol. The highest BCUT2D eigenvalue weighted by Crippen LogP contribution is 2.28. The van der Waals surface area contributed by atoms with Gasteiger partial charge in [-0.15, -0.1) is 11.8 Å². The van der Waals surface area contributed by atoms with Crippen LogP contribution < -0.4 is 5.73 Å². The molecule has 1 aliphatic rings. The van der Waals surface area contributed by atoms with E-state index in [9.17, 15) is 0 Å². The van der Waals surface area contributed by atoms with Crippen molar-refractivity contribution < 1.29 is 0 Å². The topological polar surface area (TPSA) is 26.0 Å². The summed E-state index contributed by atoms with van der Waals surface area (Å²) in [5.74, 6) is 0. The van der Waals surface area contributed by atoms with Crippen molar-refractivity contribution in [2.24, 2.45) is 0 Å². The van der Waals surface area contributed by atoms with Crippen molar-refractivity contribution in [1.82, 2.24) is 0 Å². The fourth-order valence-corrected chi connectivity index (χ4v) is 3.80. The molecule has 2 heteroatoms. The molecular weight excluding hydrogens is 346 g/mol. The molecule has 0 fully saturated rings.